The monoisotopic (exact) mass is 117 g/mol. The summed E-state index contributed by atoms with van der Waals surface area (Å²) in [5.41, 5.74) is 0. The SMILES string of the molecule is CC(C)CNCCO. The van der Waals surface area contributed by atoms with Crippen LogP contribution in [0.25, 0.3) is 0 Å². The number of nitrogens with one attached hydrogen (secondary N) is 1. The van der Waals surface area contributed by atoms with Gasteiger partial charge in [0, 0.05) is 6.54 Å². The van der Waals surface area contributed by atoms with Crippen LogP contribution >= 0.6 is 0 Å². The first kappa shape index (κ1) is 7.92. The fourth-order valence-corrected chi connectivity index (χ4v) is 0.470. The van der Waals surface area contributed by atoms with E-state index in [1.54, 1.807) is 0 Å². The van der Waals surface area contributed by atoms with Gasteiger partial charge in [0.2, 0.25) is 0 Å². The second-order valence-corrected chi connectivity index (χ2v) is 2.32. The molecule has 0 saturated heterocycles. The molecule has 2 N–H and O–H groups in total. The van der Waals surface area contributed by atoms with Gasteiger partial charge in [-0.25, -0.2) is 0 Å². The lowest BCUT2D eigenvalue weighted by atomic mass is 10.2. The van der Waals surface area contributed by atoms with Crippen LogP contribution in [-0.4, -0.2) is 24.8 Å². The van der Waals surface area contributed by atoms with Crippen molar-refractivity contribution in [3.8, 4) is 0 Å². The molecule has 0 rings (SSSR count). The Morgan fingerprint density at radius 2 is 2.12 bits per heavy atom. The fourth-order valence-electron chi connectivity index (χ4n) is 0.470. The Bertz CT molecular complexity index is 45.8. The smallest absolute Gasteiger partial charge is 0.0555 e. The lowest BCUT2D eigenvalue weighted by Crippen LogP contribution is -2.22. The highest BCUT2D eigenvalue weighted by Crippen LogP contribution is 1.85. The maximum absolute atomic E-state index is 8.32. The summed E-state index contributed by atoms with van der Waals surface area (Å²) >= 11 is 0. The summed E-state index contributed by atoms with van der Waals surface area (Å²) in [7, 11) is 0. The average Bonchev–Trinajstić information content (AvgIpc) is 1.66. The van der Waals surface area contributed by atoms with E-state index >= 15 is 0 Å². The molecular weight excluding hydrogens is 102 g/mol. The molecule has 0 atom stereocenters. The Kier molecular flexibility index (Phi) is 5.01. The average molecular weight is 117 g/mol. The predicted octanol–water partition coefficient (Wildman–Crippen LogP) is 0.224. The van der Waals surface area contributed by atoms with Gasteiger partial charge in [0.15, 0.2) is 0 Å². The zero-order valence-electron chi connectivity index (χ0n) is 5.65. The molecule has 0 spiro atoms. The molecule has 0 amide bonds. The van der Waals surface area contributed by atoms with Gasteiger partial charge in [-0.3, -0.25) is 0 Å². The molecule has 0 bridgehead atoms. The second-order valence-electron chi connectivity index (χ2n) is 2.32. The van der Waals surface area contributed by atoms with E-state index in [0.29, 0.717) is 5.92 Å². The molecule has 2 heteroatoms. The highest BCUT2D eigenvalue weighted by molar-refractivity contribution is 4.48. The van der Waals surface area contributed by atoms with Crippen molar-refractivity contribution in [1.82, 2.24) is 5.32 Å². The largest absolute Gasteiger partial charge is 0.395 e. The van der Waals surface area contributed by atoms with Crippen LogP contribution in [0.5, 0.6) is 0 Å². The minimum absolute atomic E-state index is 0.243. The third kappa shape index (κ3) is 5.92. The summed E-state index contributed by atoms with van der Waals surface area (Å²) in [5.74, 6) is 0.682. The molecule has 0 aliphatic heterocycles. The van der Waals surface area contributed by atoms with Gasteiger partial charge in [0.25, 0.3) is 0 Å². The summed E-state index contributed by atoms with van der Waals surface area (Å²) in [6.45, 7) is 6.25. The molecule has 0 fully saturated rings. The number of aliphatic hydroxyl groups is 1. The third-order valence-electron chi connectivity index (χ3n) is 0.841. The summed E-state index contributed by atoms with van der Waals surface area (Å²) < 4.78 is 0. The standard InChI is InChI=1S/C6H15NO/c1-6(2)5-7-3-4-8/h6-8H,3-5H2,1-2H3. The molecule has 0 aliphatic carbocycles. The van der Waals surface area contributed by atoms with Gasteiger partial charge in [-0.2, -0.15) is 0 Å². The molecule has 0 unspecified atom stereocenters. The summed E-state index contributed by atoms with van der Waals surface area (Å²) in [4.78, 5) is 0. The van der Waals surface area contributed by atoms with Gasteiger partial charge in [-0.15, -0.1) is 0 Å². The van der Waals surface area contributed by atoms with Crippen LogP contribution in [0, 0.1) is 5.92 Å². The van der Waals surface area contributed by atoms with E-state index < -0.39 is 0 Å². The van der Waals surface area contributed by atoms with Crippen LogP contribution < -0.4 is 5.32 Å². The Balaban J connectivity index is 2.72. The highest BCUT2D eigenvalue weighted by Gasteiger charge is 1.89. The first-order chi connectivity index (χ1) is 3.77. The number of hydrogen-bond donors (Lipinski definition) is 2. The molecule has 0 aromatic heterocycles. The Labute approximate surface area is 50.9 Å². The van der Waals surface area contributed by atoms with E-state index in [4.69, 9.17) is 5.11 Å². The predicted molar refractivity (Wildman–Crippen MR) is 34.8 cm³/mol. The summed E-state index contributed by atoms with van der Waals surface area (Å²) in [6.07, 6.45) is 0. The van der Waals surface area contributed by atoms with E-state index in [2.05, 4.69) is 19.2 Å². The normalized spacial score (nSPS) is 10.5. The minimum Gasteiger partial charge on any atom is -0.395 e. The van der Waals surface area contributed by atoms with Crippen LogP contribution in [0.15, 0.2) is 0 Å². The molecule has 0 radical (unpaired) electrons. The number of aliphatic hydroxyl groups excluding tert-OH is 1. The van der Waals surface area contributed by atoms with Gasteiger partial charge in [0.1, 0.15) is 0 Å². The lowest BCUT2D eigenvalue weighted by Gasteiger charge is -2.03. The van der Waals surface area contributed by atoms with Gasteiger partial charge >= 0.3 is 0 Å². The zero-order valence-corrected chi connectivity index (χ0v) is 5.65. The van der Waals surface area contributed by atoms with Crippen LogP contribution in [0.2, 0.25) is 0 Å². The Morgan fingerprint density at radius 3 is 2.50 bits per heavy atom. The van der Waals surface area contributed by atoms with E-state index in [1.165, 1.54) is 0 Å². The number of rotatable bonds is 4. The van der Waals surface area contributed by atoms with Gasteiger partial charge in [0.05, 0.1) is 6.61 Å². The topological polar surface area (TPSA) is 32.3 Å². The van der Waals surface area contributed by atoms with E-state index in [0.717, 1.165) is 13.1 Å². The molecule has 0 heterocycles. The highest BCUT2D eigenvalue weighted by atomic mass is 16.3. The zero-order chi connectivity index (χ0) is 6.41. The van der Waals surface area contributed by atoms with Crippen molar-refractivity contribution >= 4 is 0 Å². The van der Waals surface area contributed by atoms with Crippen molar-refractivity contribution in [2.75, 3.05) is 19.7 Å². The molecule has 0 saturated carbocycles. The van der Waals surface area contributed by atoms with Gasteiger partial charge in [-0.05, 0) is 12.5 Å². The summed E-state index contributed by atoms with van der Waals surface area (Å²) in [5, 5.41) is 11.4. The second kappa shape index (κ2) is 5.06. The number of hydrogen-bond acceptors (Lipinski definition) is 2. The van der Waals surface area contributed by atoms with E-state index in [1.807, 2.05) is 0 Å². The van der Waals surface area contributed by atoms with E-state index in [9.17, 15) is 0 Å². The lowest BCUT2D eigenvalue weighted by molar-refractivity contribution is 0.289. The summed E-state index contributed by atoms with van der Waals surface area (Å²) in [6, 6.07) is 0. The van der Waals surface area contributed by atoms with Crippen LogP contribution in [0.4, 0.5) is 0 Å². The molecule has 50 valence electrons. The fraction of sp³-hybridized carbons (Fsp3) is 1.00. The quantitative estimate of drug-likeness (QED) is 0.516. The van der Waals surface area contributed by atoms with Crippen LogP contribution in [-0.2, 0) is 0 Å². The molecule has 8 heavy (non-hydrogen) atoms. The van der Waals surface area contributed by atoms with Crippen molar-refractivity contribution in [2.45, 2.75) is 13.8 Å². The van der Waals surface area contributed by atoms with Gasteiger partial charge in [-0.1, -0.05) is 13.8 Å². The Morgan fingerprint density at radius 1 is 1.50 bits per heavy atom. The van der Waals surface area contributed by atoms with Crippen molar-refractivity contribution in [1.29, 1.82) is 0 Å². The van der Waals surface area contributed by atoms with Crippen LogP contribution in [0.3, 0.4) is 0 Å². The maximum Gasteiger partial charge on any atom is 0.0555 e. The van der Waals surface area contributed by atoms with Crippen molar-refractivity contribution in [2.24, 2.45) is 5.92 Å². The first-order valence-corrected chi connectivity index (χ1v) is 3.09. The molecular formula is C6H15NO. The van der Waals surface area contributed by atoms with Crippen LogP contribution in [0.1, 0.15) is 13.8 Å². The van der Waals surface area contributed by atoms with Crippen molar-refractivity contribution in [3.05, 3.63) is 0 Å². The van der Waals surface area contributed by atoms with Crippen molar-refractivity contribution < 1.29 is 5.11 Å². The van der Waals surface area contributed by atoms with E-state index in [-0.39, 0.29) is 6.61 Å². The Hall–Kier alpha value is -0.0800. The third-order valence-corrected chi connectivity index (χ3v) is 0.841. The maximum atomic E-state index is 8.32. The molecule has 0 aromatic carbocycles. The van der Waals surface area contributed by atoms with Gasteiger partial charge < -0.3 is 10.4 Å². The molecule has 2 nitrogen and oxygen atoms in total. The first-order valence-electron chi connectivity index (χ1n) is 3.09. The molecule has 0 aromatic rings. The molecule has 0 aliphatic rings. The minimum atomic E-state index is 0.243. The van der Waals surface area contributed by atoms with Crippen molar-refractivity contribution in [3.63, 3.8) is 0 Å².